The molecule has 2 aliphatic rings. The van der Waals surface area contributed by atoms with Gasteiger partial charge in [-0.15, -0.1) is 0 Å². The monoisotopic (exact) mass is 238 g/mol. The van der Waals surface area contributed by atoms with E-state index in [0.29, 0.717) is 10.8 Å². The van der Waals surface area contributed by atoms with Crippen molar-refractivity contribution in [3.05, 3.63) is 0 Å². The van der Waals surface area contributed by atoms with Gasteiger partial charge >= 0.3 is 0 Å². The molecule has 2 heteroatoms. The van der Waals surface area contributed by atoms with Crippen LogP contribution in [0.15, 0.2) is 0 Å². The molecular formula is C15H30N2. The van der Waals surface area contributed by atoms with E-state index in [4.69, 9.17) is 0 Å². The highest BCUT2D eigenvalue weighted by Gasteiger charge is 2.38. The van der Waals surface area contributed by atoms with Crippen molar-refractivity contribution in [2.75, 3.05) is 32.7 Å². The Balaban J connectivity index is 1.89. The van der Waals surface area contributed by atoms with Crippen molar-refractivity contribution in [3.63, 3.8) is 0 Å². The summed E-state index contributed by atoms with van der Waals surface area (Å²) in [5.41, 5.74) is 1.15. The first-order valence-corrected chi connectivity index (χ1v) is 7.48. The van der Waals surface area contributed by atoms with Gasteiger partial charge in [-0.2, -0.15) is 0 Å². The summed E-state index contributed by atoms with van der Waals surface area (Å²) in [5, 5.41) is 3.60. The summed E-state index contributed by atoms with van der Waals surface area (Å²) in [5.74, 6) is 0. The fraction of sp³-hybridized carbons (Fsp3) is 1.00. The minimum Gasteiger partial charge on any atom is -0.316 e. The predicted molar refractivity (Wildman–Crippen MR) is 74.3 cm³/mol. The normalized spacial score (nSPS) is 27.7. The Morgan fingerprint density at radius 1 is 1.12 bits per heavy atom. The lowest BCUT2D eigenvalue weighted by Crippen LogP contribution is -2.42. The zero-order valence-electron chi connectivity index (χ0n) is 12.0. The van der Waals surface area contributed by atoms with Crippen LogP contribution in [0.1, 0.15) is 52.9 Å². The van der Waals surface area contributed by atoms with Crippen LogP contribution in [0, 0.1) is 10.8 Å². The SMILES string of the molecule is CCNCC1(CN2CCC(C)(C)C2)CCCC1. The van der Waals surface area contributed by atoms with Crippen LogP contribution >= 0.6 is 0 Å². The smallest absolute Gasteiger partial charge is 0.00504 e. The summed E-state index contributed by atoms with van der Waals surface area (Å²) in [6.45, 7) is 13.4. The molecule has 17 heavy (non-hydrogen) atoms. The molecule has 0 unspecified atom stereocenters. The molecule has 2 fully saturated rings. The van der Waals surface area contributed by atoms with Gasteiger partial charge in [0.15, 0.2) is 0 Å². The molecule has 0 amide bonds. The van der Waals surface area contributed by atoms with Gasteiger partial charge < -0.3 is 10.2 Å². The number of rotatable bonds is 5. The van der Waals surface area contributed by atoms with Gasteiger partial charge in [-0.25, -0.2) is 0 Å². The van der Waals surface area contributed by atoms with Crippen LogP contribution in [0.5, 0.6) is 0 Å². The van der Waals surface area contributed by atoms with Crippen LogP contribution in [-0.4, -0.2) is 37.6 Å². The van der Waals surface area contributed by atoms with E-state index in [1.165, 1.54) is 58.3 Å². The Bertz CT molecular complexity index is 241. The van der Waals surface area contributed by atoms with Gasteiger partial charge in [0.25, 0.3) is 0 Å². The minimum absolute atomic E-state index is 0.554. The summed E-state index contributed by atoms with van der Waals surface area (Å²) in [4.78, 5) is 2.72. The fourth-order valence-corrected chi connectivity index (χ4v) is 3.74. The molecule has 2 rings (SSSR count). The Kier molecular flexibility index (Phi) is 4.14. The molecule has 0 aromatic heterocycles. The van der Waals surface area contributed by atoms with E-state index >= 15 is 0 Å². The maximum absolute atomic E-state index is 3.60. The highest BCUT2D eigenvalue weighted by atomic mass is 15.2. The van der Waals surface area contributed by atoms with E-state index in [2.05, 4.69) is 31.0 Å². The van der Waals surface area contributed by atoms with E-state index in [9.17, 15) is 0 Å². The molecular weight excluding hydrogens is 208 g/mol. The molecule has 0 aromatic carbocycles. The molecule has 2 nitrogen and oxygen atoms in total. The summed E-state index contributed by atoms with van der Waals surface area (Å²) >= 11 is 0. The molecule has 0 radical (unpaired) electrons. The summed E-state index contributed by atoms with van der Waals surface area (Å²) in [6.07, 6.45) is 7.16. The van der Waals surface area contributed by atoms with Crippen molar-refractivity contribution in [1.82, 2.24) is 10.2 Å². The molecule has 1 heterocycles. The second-order valence-corrected chi connectivity index (χ2v) is 7.11. The first-order chi connectivity index (χ1) is 8.05. The molecule has 100 valence electrons. The van der Waals surface area contributed by atoms with Gasteiger partial charge in [-0.3, -0.25) is 0 Å². The Labute approximate surface area is 107 Å². The number of hydrogen-bond donors (Lipinski definition) is 1. The van der Waals surface area contributed by atoms with Gasteiger partial charge in [0.2, 0.25) is 0 Å². The Hall–Kier alpha value is -0.0800. The maximum atomic E-state index is 3.60. The molecule has 0 aromatic rings. The van der Waals surface area contributed by atoms with Crippen LogP contribution in [0.2, 0.25) is 0 Å². The van der Waals surface area contributed by atoms with Crippen molar-refractivity contribution < 1.29 is 0 Å². The van der Waals surface area contributed by atoms with Gasteiger partial charge in [0, 0.05) is 19.6 Å². The summed E-state index contributed by atoms with van der Waals surface area (Å²) < 4.78 is 0. The highest BCUT2D eigenvalue weighted by Crippen LogP contribution is 2.40. The van der Waals surface area contributed by atoms with Crippen molar-refractivity contribution in [2.24, 2.45) is 10.8 Å². The van der Waals surface area contributed by atoms with Gasteiger partial charge in [0.1, 0.15) is 0 Å². The Morgan fingerprint density at radius 3 is 2.35 bits per heavy atom. The second-order valence-electron chi connectivity index (χ2n) is 7.11. The van der Waals surface area contributed by atoms with Crippen LogP contribution in [-0.2, 0) is 0 Å². The maximum Gasteiger partial charge on any atom is 0.00504 e. The fourth-order valence-electron chi connectivity index (χ4n) is 3.74. The average molecular weight is 238 g/mol. The topological polar surface area (TPSA) is 15.3 Å². The molecule has 0 atom stereocenters. The minimum atomic E-state index is 0.554. The molecule has 1 aliphatic carbocycles. The highest BCUT2D eigenvalue weighted by molar-refractivity contribution is 4.92. The van der Waals surface area contributed by atoms with Crippen molar-refractivity contribution >= 4 is 0 Å². The van der Waals surface area contributed by atoms with Crippen molar-refractivity contribution in [2.45, 2.75) is 52.9 Å². The molecule has 1 saturated heterocycles. The number of nitrogens with zero attached hydrogens (tertiary/aromatic N) is 1. The third-order valence-electron chi connectivity index (χ3n) is 4.73. The van der Waals surface area contributed by atoms with Crippen LogP contribution < -0.4 is 5.32 Å². The average Bonchev–Trinajstić information content (AvgIpc) is 2.84. The van der Waals surface area contributed by atoms with E-state index in [0.717, 1.165) is 6.54 Å². The third-order valence-corrected chi connectivity index (χ3v) is 4.73. The molecule has 1 saturated carbocycles. The molecule has 1 N–H and O–H groups in total. The quantitative estimate of drug-likeness (QED) is 0.792. The largest absolute Gasteiger partial charge is 0.316 e. The Morgan fingerprint density at radius 2 is 1.82 bits per heavy atom. The zero-order chi connectivity index (χ0) is 12.4. The van der Waals surface area contributed by atoms with E-state index in [-0.39, 0.29) is 0 Å². The van der Waals surface area contributed by atoms with E-state index < -0.39 is 0 Å². The van der Waals surface area contributed by atoms with Gasteiger partial charge in [-0.1, -0.05) is 33.6 Å². The molecule has 1 aliphatic heterocycles. The van der Waals surface area contributed by atoms with Gasteiger partial charge in [-0.05, 0) is 43.2 Å². The van der Waals surface area contributed by atoms with Crippen LogP contribution in [0.25, 0.3) is 0 Å². The van der Waals surface area contributed by atoms with E-state index in [1.807, 2.05) is 0 Å². The summed E-state index contributed by atoms with van der Waals surface area (Å²) in [7, 11) is 0. The number of hydrogen-bond acceptors (Lipinski definition) is 2. The lowest BCUT2D eigenvalue weighted by molar-refractivity contribution is 0.162. The standard InChI is InChI=1S/C15H30N2/c1-4-16-11-15(7-5-6-8-15)13-17-10-9-14(2,3)12-17/h16H,4-13H2,1-3H3. The van der Waals surface area contributed by atoms with Crippen LogP contribution in [0.4, 0.5) is 0 Å². The first kappa shape index (κ1) is 13.4. The first-order valence-electron chi connectivity index (χ1n) is 7.48. The van der Waals surface area contributed by atoms with Crippen LogP contribution in [0.3, 0.4) is 0 Å². The summed E-state index contributed by atoms with van der Waals surface area (Å²) in [6, 6.07) is 0. The molecule has 0 spiro atoms. The predicted octanol–water partition coefficient (Wildman–Crippen LogP) is 2.89. The zero-order valence-corrected chi connectivity index (χ0v) is 12.0. The van der Waals surface area contributed by atoms with E-state index in [1.54, 1.807) is 0 Å². The molecule has 0 bridgehead atoms. The number of nitrogens with one attached hydrogen (secondary N) is 1. The second kappa shape index (κ2) is 5.27. The number of likely N-dealkylation sites (tertiary alicyclic amines) is 1. The lowest BCUT2D eigenvalue weighted by Gasteiger charge is -2.34. The van der Waals surface area contributed by atoms with Gasteiger partial charge in [0.05, 0.1) is 0 Å². The lowest BCUT2D eigenvalue weighted by atomic mass is 9.85. The van der Waals surface area contributed by atoms with Crippen molar-refractivity contribution in [3.8, 4) is 0 Å². The van der Waals surface area contributed by atoms with Crippen molar-refractivity contribution in [1.29, 1.82) is 0 Å². The third kappa shape index (κ3) is 3.45.